The second kappa shape index (κ2) is 2.84. The Morgan fingerprint density at radius 1 is 1.09 bits per heavy atom. The van der Waals surface area contributed by atoms with E-state index in [1.54, 1.807) is 0 Å². The first-order chi connectivity index (χ1) is 5.36. The van der Waals surface area contributed by atoms with Crippen LogP contribution in [0.15, 0.2) is 0 Å². The van der Waals surface area contributed by atoms with E-state index in [0.29, 0.717) is 17.9 Å². The van der Waals surface area contributed by atoms with E-state index in [1.807, 2.05) is 0 Å². The third-order valence-electron chi connectivity index (χ3n) is 2.65. The fourth-order valence-corrected chi connectivity index (χ4v) is 1.73. The molecule has 2 nitrogen and oxygen atoms in total. The van der Waals surface area contributed by atoms with Gasteiger partial charge in [0.05, 0.1) is 0 Å². The molecule has 11 heavy (non-hydrogen) atoms. The van der Waals surface area contributed by atoms with Gasteiger partial charge in [-0.3, -0.25) is 4.79 Å². The molecule has 0 unspecified atom stereocenters. The van der Waals surface area contributed by atoms with Crippen LogP contribution in [0.3, 0.4) is 0 Å². The Morgan fingerprint density at radius 2 is 1.73 bits per heavy atom. The first kappa shape index (κ1) is 7.14. The molecular weight excluding hydrogens is 138 g/mol. The molecule has 0 heterocycles. The zero-order valence-electron chi connectivity index (χ0n) is 6.81. The van der Waals surface area contributed by atoms with Crippen LogP contribution in [0.1, 0.15) is 38.5 Å². The maximum atomic E-state index is 11.4. The number of rotatable bonds is 2. The topological polar surface area (TPSA) is 29.1 Å². The Hall–Kier alpha value is -0.530. The molecule has 0 saturated heterocycles. The number of hydrogen-bond donors (Lipinski definition) is 1. The van der Waals surface area contributed by atoms with Crippen LogP contribution in [-0.2, 0) is 4.79 Å². The number of amides is 1. The highest BCUT2D eigenvalue weighted by atomic mass is 16.2. The van der Waals surface area contributed by atoms with E-state index in [-0.39, 0.29) is 0 Å². The lowest BCUT2D eigenvalue weighted by molar-refractivity contribution is -0.124. The normalized spacial score (nSPS) is 25.5. The number of hydrogen-bond acceptors (Lipinski definition) is 1. The van der Waals surface area contributed by atoms with Gasteiger partial charge in [0, 0.05) is 12.0 Å². The molecule has 0 aromatic rings. The quantitative estimate of drug-likeness (QED) is 0.639. The molecule has 0 aromatic carbocycles. The van der Waals surface area contributed by atoms with Gasteiger partial charge in [-0.15, -0.1) is 0 Å². The predicted octanol–water partition coefficient (Wildman–Crippen LogP) is 1.46. The van der Waals surface area contributed by atoms with E-state index in [9.17, 15) is 4.79 Å². The summed E-state index contributed by atoms with van der Waals surface area (Å²) in [4.78, 5) is 11.4. The highest BCUT2D eigenvalue weighted by Crippen LogP contribution is 2.26. The molecule has 2 aliphatic carbocycles. The molecule has 2 rings (SSSR count). The van der Waals surface area contributed by atoms with Crippen LogP contribution in [0, 0.1) is 5.92 Å². The Balaban J connectivity index is 1.77. The molecule has 0 radical (unpaired) electrons. The zero-order chi connectivity index (χ0) is 7.68. The van der Waals surface area contributed by atoms with Gasteiger partial charge in [-0.05, 0) is 25.7 Å². The fourth-order valence-electron chi connectivity index (χ4n) is 1.73. The van der Waals surface area contributed by atoms with Crippen molar-refractivity contribution < 1.29 is 4.79 Å². The van der Waals surface area contributed by atoms with Gasteiger partial charge < -0.3 is 5.32 Å². The SMILES string of the molecule is O=C(NC1CC1)C1CCCC1. The summed E-state index contributed by atoms with van der Waals surface area (Å²) in [6, 6.07) is 0.545. The molecule has 1 N–H and O–H groups in total. The first-order valence-corrected chi connectivity index (χ1v) is 4.66. The van der Waals surface area contributed by atoms with Crippen molar-refractivity contribution in [3.05, 3.63) is 0 Å². The monoisotopic (exact) mass is 153 g/mol. The highest BCUT2D eigenvalue weighted by molar-refractivity contribution is 5.79. The van der Waals surface area contributed by atoms with E-state index in [1.165, 1.54) is 25.7 Å². The van der Waals surface area contributed by atoms with Crippen molar-refractivity contribution in [3.63, 3.8) is 0 Å². The third kappa shape index (κ3) is 1.73. The van der Waals surface area contributed by atoms with Crippen LogP contribution >= 0.6 is 0 Å². The molecule has 2 fully saturated rings. The molecule has 0 aromatic heterocycles. The van der Waals surface area contributed by atoms with Crippen LogP contribution in [-0.4, -0.2) is 11.9 Å². The van der Waals surface area contributed by atoms with Gasteiger partial charge in [0.1, 0.15) is 0 Å². The smallest absolute Gasteiger partial charge is 0.223 e. The van der Waals surface area contributed by atoms with Crippen LogP contribution in [0.25, 0.3) is 0 Å². The van der Waals surface area contributed by atoms with Crippen molar-refractivity contribution in [3.8, 4) is 0 Å². The average molecular weight is 153 g/mol. The van der Waals surface area contributed by atoms with Crippen molar-refractivity contribution in [1.82, 2.24) is 5.32 Å². The predicted molar refractivity (Wildman–Crippen MR) is 43.1 cm³/mol. The third-order valence-corrected chi connectivity index (χ3v) is 2.65. The Labute approximate surface area is 67.4 Å². The molecule has 62 valence electrons. The lowest BCUT2D eigenvalue weighted by Crippen LogP contribution is -2.30. The van der Waals surface area contributed by atoms with Crippen molar-refractivity contribution >= 4 is 5.91 Å². The Morgan fingerprint density at radius 3 is 2.27 bits per heavy atom. The second-order valence-corrected chi connectivity index (χ2v) is 3.76. The summed E-state index contributed by atoms with van der Waals surface area (Å²) in [5, 5.41) is 3.06. The summed E-state index contributed by atoms with van der Waals surface area (Å²) in [7, 11) is 0. The number of carbonyl (C=O) groups excluding carboxylic acids is 1. The van der Waals surface area contributed by atoms with Gasteiger partial charge in [-0.25, -0.2) is 0 Å². The summed E-state index contributed by atoms with van der Waals surface area (Å²) in [5.74, 6) is 0.681. The maximum Gasteiger partial charge on any atom is 0.223 e. The number of nitrogens with one attached hydrogen (secondary N) is 1. The first-order valence-electron chi connectivity index (χ1n) is 4.66. The van der Waals surface area contributed by atoms with Crippen molar-refractivity contribution in [2.24, 2.45) is 5.92 Å². The molecule has 2 aliphatic rings. The average Bonchev–Trinajstić information content (AvgIpc) is 2.67. The highest BCUT2D eigenvalue weighted by Gasteiger charge is 2.28. The minimum atomic E-state index is 0.324. The summed E-state index contributed by atoms with van der Waals surface area (Å²) < 4.78 is 0. The molecule has 0 bridgehead atoms. The van der Waals surface area contributed by atoms with E-state index < -0.39 is 0 Å². The van der Waals surface area contributed by atoms with Gasteiger partial charge in [0.2, 0.25) is 5.91 Å². The Bertz CT molecular complexity index is 157. The molecule has 2 heteroatoms. The van der Waals surface area contributed by atoms with E-state index in [4.69, 9.17) is 0 Å². The summed E-state index contributed by atoms with van der Waals surface area (Å²) in [5.41, 5.74) is 0. The summed E-state index contributed by atoms with van der Waals surface area (Å²) in [6.07, 6.45) is 7.17. The lowest BCUT2D eigenvalue weighted by atomic mass is 10.1. The minimum absolute atomic E-state index is 0.324. The van der Waals surface area contributed by atoms with Gasteiger partial charge in [-0.1, -0.05) is 12.8 Å². The summed E-state index contributed by atoms with van der Waals surface area (Å²) in [6.45, 7) is 0. The second-order valence-electron chi connectivity index (χ2n) is 3.76. The van der Waals surface area contributed by atoms with Crippen molar-refractivity contribution in [2.75, 3.05) is 0 Å². The number of carbonyl (C=O) groups is 1. The zero-order valence-corrected chi connectivity index (χ0v) is 6.81. The van der Waals surface area contributed by atoms with E-state index in [2.05, 4.69) is 5.32 Å². The molecule has 0 atom stereocenters. The van der Waals surface area contributed by atoms with E-state index >= 15 is 0 Å². The summed E-state index contributed by atoms with van der Waals surface area (Å²) >= 11 is 0. The standard InChI is InChI=1S/C9H15NO/c11-9(10-8-5-6-8)7-3-1-2-4-7/h7-8H,1-6H2,(H,10,11). The van der Waals surface area contributed by atoms with E-state index in [0.717, 1.165) is 12.8 Å². The molecule has 1 amide bonds. The van der Waals surface area contributed by atoms with Crippen LogP contribution in [0.4, 0.5) is 0 Å². The van der Waals surface area contributed by atoms with Crippen LogP contribution < -0.4 is 5.32 Å². The van der Waals surface area contributed by atoms with Gasteiger partial charge in [0.15, 0.2) is 0 Å². The van der Waals surface area contributed by atoms with Gasteiger partial charge in [0.25, 0.3) is 0 Å². The molecule has 0 spiro atoms. The van der Waals surface area contributed by atoms with Gasteiger partial charge >= 0.3 is 0 Å². The largest absolute Gasteiger partial charge is 0.353 e. The van der Waals surface area contributed by atoms with Crippen LogP contribution in [0.5, 0.6) is 0 Å². The minimum Gasteiger partial charge on any atom is -0.353 e. The fraction of sp³-hybridized carbons (Fsp3) is 0.889. The molecule has 0 aliphatic heterocycles. The molecular formula is C9H15NO. The van der Waals surface area contributed by atoms with Crippen molar-refractivity contribution in [2.45, 2.75) is 44.6 Å². The lowest BCUT2D eigenvalue weighted by Gasteiger charge is -2.08. The maximum absolute atomic E-state index is 11.4. The Kier molecular flexibility index (Phi) is 1.84. The van der Waals surface area contributed by atoms with Crippen molar-refractivity contribution in [1.29, 1.82) is 0 Å². The van der Waals surface area contributed by atoms with Crippen LogP contribution in [0.2, 0.25) is 0 Å². The molecule has 2 saturated carbocycles. The van der Waals surface area contributed by atoms with Gasteiger partial charge in [-0.2, -0.15) is 0 Å².